The van der Waals surface area contributed by atoms with Gasteiger partial charge in [-0.1, -0.05) is 12.1 Å². The minimum absolute atomic E-state index is 0.294. The predicted molar refractivity (Wildman–Crippen MR) is 98.0 cm³/mol. The van der Waals surface area contributed by atoms with Crippen molar-refractivity contribution < 1.29 is 5.11 Å². The van der Waals surface area contributed by atoms with Crippen LogP contribution >= 0.6 is 45.2 Å². The van der Waals surface area contributed by atoms with Gasteiger partial charge in [0.05, 0.1) is 20.2 Å². The average Bonchev–Trinajstić information content (AvgIpc) is 2.72. The van der Waals surface area contributed by atoms with Gasteiger partial charge in [0, 0.05) is 10.6 Å². The number of fused-ring (bicyclic) bond motifs is 1. The Morgan fingerprint density at radius 1 is 1.20 bits per heavy atom. The summed E-state index contributed by atoms with van der Waals surface area (Å²) in [5, 5.41) is 10.3. The van der Waals surface area contributed by atoms with Crippen molar-refractivity contribution in [2.24, 2.45) is 7.05 Å². The number of halogens is 2. The van der Waals surface area contributed by atoms with Gasteiger partial charge in [0.25, 0.3) is 0 Å². The van der Waals surface area contributed by atoms with E-state index in [2.05, 4.69) is 63.2 Å². The Kier molecular flexibility index (Phi) is 3.65. The minimum Gasteiger partial charge on any atom is -0.506 e. The quantitative estimate of drug-likeness (QED) is 0.512. The summed E-state index contributed by atoms with van der Waals surface area (Å²) in [6.07, 6.45) is 0. The van der Waals surface area contributed by atoms with Gasteiger partial charge in [-0.05, 0) is 75.9 Å². The Labute approximate surface area is 144 Å². The molecule has 0 aliphatic heterocycles. The van der Waals surface area contributed by atoms with Crippen molar-refractivity contribution >= 4 is 56.2 Å². The molecular weight excluding hydrogens is 478 g/mol. The van der Waals surface area contributed by atoms with E-state index in [-0.39, 0.29) is 0 Å². The summed E-state index contributed by atoms with van der Waals surface area (Å²) in [5.41, 5.74) is 4.02. The van der Waals surface area contributed by atoms with E-state index in [4.69, 9.17) is 0 Å². The first-order valence-electron chi connectivity index (χ1n) is 6.09. The van der Waals surface area contributed by atoms with Gasteiger partial charge in [-0.25, -0.2) is 4.98 Å². The highest BCUT2D eigenvalue weighted by Crippen LogP contribution is 2.35. The Balaban J connectivity index is 2.36. The summed E-state index contributed by atoms with van der Waals surface area (Å²) >= 11 is 4.41. The van der Waals surface area contributed by atoms with E-state index in [0.717, 1.165) is 29.6 Å². The first-order chi connectivity index (χ1) is 9.49. The molecule has 0 atom stereocenters. The third kappa shape index (κ3) is 2.20. The van der Waals surface area contributed by atoms with Crippen LogP contribution < -0.4 is 0 Å². The highest BCUT2D eigenvalue weighted by Gasteiger charge is 2.16. The second-order valence-electron chi connectivity index (χ2n) is 4.72. The number of aryl methyl sites for hydroxylation is 2. The lowest BCUT2D eigenvalue weighted by molar-refractivity contribution is 0.472. The van der Waals surface area contributed by atoms with Crippen LogP contribution in [0.1, 0.15) is 5.56 Å². The van der Waals surface area contributed by atoms with Crippen molar-refractivity contribution in [1.82, 2.24) is 9.55 Å². The van der Waals surface area contributed by atoms with Crippen LogP contribution in [0.2, 0.25) is 0 Å². The molecule has 0 saturated heterocycles. The molecule has 102 valence electrons. The van der Waals surface area contributed by atoms with E-state index in [0.29, 0.717) is 5.75 Å². The van der Waals surface area contributed by atoms with Crippen molar-refractivity contribution in [2.75, 3.05) is 0 Å². The van der Waals surface area contributed by atoms with Gasteiger partial charge >= 0.3 is 0 Å². The second-order valence-corrected chi connectivity index (χ2v) is 7.13. The van der Waals surface area contributed by atoms with Gasteiger partial charge in [-0.15, -0.1) is 0 Å². The van der Waals surface area contributed by atoms with Crippen molar-refractivity contribution in [3.05, 3.63) is 43.0 Å². The number of imidazole rings is 1. The van der Waals surface area contributed by atoms with Crippen LogP contribution in [-0.2, 0) is 7.05 Å². The number of phenolic OH excluding ortho intramolecular Hbond substituents is 1. The zero-order valence-electron chi connectivity index (χ0n) is 11.0. The molecule has 0 radical (unpaired) electrons. The largest absolute Gasteiger partial charge is 0.506 e. The minimum atomic E-state index is 0.294. The molecule has 0 fully saturated rings. The third-order valence-corrected chi connectivity index (χ3v) is 4.81. The molecule has 0 unspecified atom stereocenters. The monoisotopic (exact) mass is 490 g/mol. The molecule has 1 aromatic heterocycles. The first-order valence-corrected chi connectivity index (χ1v) is 8.25. The Morgan fingerprint density at radius 2 is 1.95 bits per heavy atom. The van der Waals surface area contributed by atoms with Gasteiger partial charge in [-0.3, -0.25) is 0 Å². The molecule has 0 saturated carbocycles. The molecule has 1 N–H and O–H groups in total. The van der Waals surface area contributed by atoms with Crippen LogP contribution in [0.5, 0.6) is 5.75 Å². The molecule has 0 bridgehead atoms. The molecule has 3 rings (SSSR count). The molecule has 5 heteroatoms. The number of para-hydroxylation sites is 1. The third-order valence-electron chi connectivity index (χ3n) is 3.37. The second kappa shape index (κ2) is 5.18. The van der Waals surface area contributed by atoms with Gasteiger partial charge < -0.3 is 9.67 Å². The number of aromatic nitrogens is 2. The smallest absolute Gasteiger partial charge is 0.144 e. The maximum absolute atomic E-state index is 10.3. The molecule has 0 spiro atoms. The Bertz CT molecular complexity index is 824. The molecule has 1 heterocycles. The van der Waals surface area contributed by atoms with Gasteiger partial charge in [-0.2, -0.15) is 0 Å². The van der Waals surface area contributed by atoms with Gasteiger partial charge in [0.1, 0.15) is 11.6 Å². The maximum atomic E-state index is 10.3. The van der Waals surface area contributed by atoms with E-state index in [1.165, 1.54) is 5.56 Å². The maximum Gasteiger partial charge on any atom is 0.144 e. The van der Waals surface area contributed by atoms with Crippen LogP contribution in [0.3, 0.4) is 0 Å². The summed E-state index contributed by atoms with van der Waals surface area (Å²) < 4.78 is 3.98. The normalized spacial score (nSPS) is 11.2. The van der Waals surface area contributed by atoms with Crippen molar-refractivity contribution in [1.29, 1.82) is 0 Å². The predicted octanol–water partition coefficient (Wildman–Crippen LogP) is 4.46. The lowest BCUT2D eigenvalue weighted by Crippen LogP contribution is -1.95. The SMILES string of the molecule is Cc1cccc2nc(-c3cc(I)cc(I)c3O)n(C)c12. The lowest BCUT2D eigenvalue weighted by Gasteiger charge is -2.08. The number of phenols is 1. The fraction of sp³-hybridized carbons (Fsp3) is 0.133. The van der Waals surface area contributed by atoms with Crippen LogP contribution in [0.15, 0.2) is 30.3 Å². The highest BCUT2D eigenvalue weighted by atomic mass is 127. The van der Waals surface area contributed by atoms with Crippen LogP contribution in [0.4, 0.5) is 0 Å². The van der Waals surface area contributed by atoms with Crippen LogP contribution in [-0.4, -0.2) is 14.7 Å². The summed E-state index contributed by atoms with van der Waals surface area (Å²) in [4.78, 5) is 4.68. The van der Waals surface area contributed by atoms with Crippen LogP contribution in [0.25, 0.3) is 22.4 Å². The van der Waals surface area contributed by atoms with Crippen molar-refractivity contribution in [2.45, 2.75) is 6.92 Å². The van der Waals surface area contributed by atoms with Crippen LogP contribution in [0, 0.1) is 14.1 Å². The number of aromatic hydroxyl groups is 1. The fourth-order valence-electron chi connectivity index (χ4n) is 2.44. The van der Waals surface area contributed by atoms with E-state index in [1.807, 2.05) is 35.9 Å². The summed E-state index contributed by atoms with van der Waals surface area (Å²) in [6, 6.07) is 10.0. The molecule has 2 aromatic carbocycles. The summed E-state index contributed by atoms with van der Waals surface area (Å²) in [7, 11) is 1.99. The number of hydrogen-bond donors (Lipinski definition) is 1. The number of hydrogen-bond acceptors (Lipinski definition) is 2. The van der Waals surface area contributed by atoms with Gasteiger partial charge in [0.15, 0.2) is 0 Å². The molecule has 0 aliphatic carbocycles. The summed E-state index contributed by atoms with van der Waals surface area (Å²) in [6.45, 7) is 2.08. The topological polar surface area (TPSA) is 38.1 Å². The molecule has 0 aliphatic rings. The number of rotatable bonds is 1. The van der Waals surface area contributed by atoms with Crippen molar-refractivity contribution in [3.63, 3.8) is 0 Å². The number of benzene rings is 2. The first kappa shape index (κ1) is 14.1. The Hall–Kier alpha value is -0.830. The molecule has 3 aromatic rings. The number of nitrogens with zero attached hydrogens (tertiary/aromatic N) is 2. The van der Waals surface area contributed by atoms with Gasteiger partial charge in [0.2, 0.25) is 0 Å². The Morgan fingerprint density at radius 3 is 2.65 bits per heavy atom. The molecular formula is C15H12I2N2O. The van der Waals surface area contributed by atoms with E-state index >= 15 is 0 Å². The fourth-order valence-corrected chi connectivity index (χ4v) is 4.29. The molecule has 3 nitrogen and oxygen atoms in total. The summed E-state index contributed by atoms with van der Waals surface area (Å²) in [5.74, 6) is 1.09. The van der Waals surface area contributed by atoms with Crippen molar-refractivity contribution in [3.8, 4) is 17.1 Å². The van der Waals surface area contributed by atoms with E-state index in [9.17, 15) is 5.11 Å². The standard InChI is InChI=1S/C15H12I2N2O/c1-8-4-3-5-12-13(8)19(2)15(18-12)10-6-9(16)7-11(17)14(10)20/h3-7,20H,1-2H3. The van der Waals surface area contributed by atoms with E-state index in [1.54, 1.807) is 0 Å². The lowest BCUT2D eigenvalue weighted by atomic mass is 10.2. The highest BCUT2D eigenvalue weighted by molar-refractivity contribution is 14.1. The average molecular weight is 490 g/mol. The molecule has 0 amide bonds. The van der Waals surface area contributed by atoms with E-state index < -0.39 is 0 Å². The molecule has 20 heavy (non-hydrogen) atoms. The zero-order valence-corrected chi connectivity index (χ0v) is 15.3. The zero-order chi connectivity index (χ0) is 14.4.